The Morgan fingerprint density at radius 2 is 1.63 bits per heavy atom. The van der Waals surface area contributed by atoms with E-state index in [1.165, 1.54) is 4.46 Å². The van der Waals surface area contributed by atoms with Crippen LogP contribution in [0.5, 0.6) is 0 Å². The van der Waals surface area contributed by atoms with Crippen LogP contribution in [0.2, 0.25) is 4.82 Å². The van der Waals surface area contributed by atoms with E-state index >= 15 is 0 Å². The zero-order chi connectivity index (χ0) is 19.6. The molecular weight excluding hydrogens is 421 g/mol. The standard InChI is InChI=1S/C22H29NO2SSe/c1-5-9-21-22(27-20-10-7-6-8-11-20)17(3)18(4)23(21)26(24,25)19-14-12-16(2)13-15-19/h6-8,10-15,17-18,21-22H,5,9H2,1-4H3/t17-,18-,21-,22+/m0/s1. The van der Waals surface area contributed by atoms with Crippen LogP contribution in [0, 0.1) is 12.8 Å². The van der Waals surface area contributed by atoms with Crippen molar-refractivity contribution in [1.29, 1.82) is 0 Å². The first-order valence-corrected chi connectivity index (χ1v) is 13.0. The van der Waals surface area contributed by atoms with Crippen LogP contribution in [-0.4, -0.2) is 39.8 Å². The average molecular weight is 451 g/mol. The molecule has 0 aliphatic carbocycles. The van der Waals surface area contributed by atoms with Crippen molar-refractivity contribution in [1.82, 2.24) is 4.31 Å². The SMILES string of the molecule is CCC[C@H]1[C@H]([Se]c2ccccc2)[C@@H](C)[C@H](C)N1S(=O)(=O)c1ccc(C)cc1. The maximum absolute atomic E-state index is 13.5. The van der Waals surface area contributed by atoms with Crippen molar-refractivity contribution in [3.05, 3.63) is 60.2 Å². The van der Waals surface area contributed by atoms with Gasteiger partial charge in [-0.15, -0.1) is 0 Å². The van der Waals surface area contributed by atoms with Gasteiger partial charge in [0.15, 0.2) is 0 Å². The van der Waals surface area contributed by atoms with Crippen molar-refractivity contribution < 1.29 is 8.42 Å². The molecule has 1 aliphatic heterocycles. The van der Waals surface area contributed by atoms with Crippen LogP contribution < -0.4 is 4.46 Å². The number of hydrogen-bond donors (Lipinski definition) is 0. The third-order valence-corrected chi connectivity index (χ3v) is 10.9. The van der Waals surface area contributed by atoms with E-state index in [4.69, 9.17) is 0 Å². The topological polar surface area (TPSA) is 37.4 Å². The third kappa shape index (κ3) is 4.17. The Morgan fingerprint density at radius 1 is 1.00 bits per heavy atom. The fourth-order valence-electron chi connectivity index (χ4n) is 3.96. The third-order valence-electron chi connectivity index (χ3n) is 5.58. The molecule has 0 aromatic heterocycles. The normalized spacial score (nSPS) is 26.4. The molecule has 1 fully saturated rings. The Balaban J connectivity index is 1.97. The first-order chi connectivity index (χ1) is 12.9. The summed E-state index contributed by atoms with van der Waals surface area (Å²) in [7, 11) is -3.49. The summed E-state index contributed by atoms with van der Waals surface area (Å²) in [6.45, 7) is 8.44. The van der Waals surface area contributed by atoms with Crippen molar-refractivity contribution in [2.75, 3.05) is 0 Å². The van der Waals surface area contributed by atoms with Gasteiger partial charge < -0.3 is 0 Å². The van der Waals surface area contributed by atoms with Crippen LogP contribution >= 0.6 is 0 Å². The summed E-state index contributed by atoms with van der Waals surface area (Å²) in [4.78, 5) is 0.816. The van der Waals surface area contributed by atoms with Crippen molar-refractivity contribution in [2.45, 2.75) is 62.3 Å². The fraction of sp³-hybridized carbons (Fsp3) is 0.455. The molecule has 0 N–H and O–H groups in total. The maximum atomic E-state index is 13.5. The molecule has 4 atom stereocenters. The van der Waals surface area contributed by atoms with Crippen molar-refractivity contribution >= 4 is 29.4 Å². The average Bonchev–Trinajstić information content (AvgIpc) is 2.88. The van der Waals surface area contributed by atoms with E-state index in [9.17, 15) is 8.42 Å². The number of aryl methyl sites for hydroxylation is 1. The summed E-state index contributed by atoms with van der Waals surface area (Å²) in [5.41, 5.74) is 1.08. The minimum absolute atomic E-state index is 0.0171. The fourth-order valence-corrected chi connectivity index (χ4v) is 9.22. The molecule has 0 bridgehead atoms. The molecule has 2 aromatic carbocycles. The monoisotopic (exact) mass is 451 g/mol. The molecule has 1 saturated heterocycles. The van der Waals surface area contributed by atoms with E-state index in [1.54, 1.807) is 12.1 Å². The number of benzene rings is 2. The zero-order valence-corrected chi connectivity index (χ0v) is 19.0. The van der Waals surface area contributed by atoms with Gasteiger partial charge in [-0.05, 0) is 0 Å². The molecule has 2 aromatic rings. The van der Waals surface area contributed by atoms with Crippen LogP contribution in [0.25, 0.3) is 0 Å². The van der Waals surface area contributed by atoms with Crippen molar-refractivity contribution in [3.8, 4) is 0 Å². The van der Waals surface area contributed by atoms with Crippen molar-refractivity contribution in [2.24, 2.45) is 5.92 Å². The number of rotatable bonds is 6. The van der Waals surface area contributed by atoms with E-state index in [2.05, 4.69) is 45.0 Å². The molecule has 0 saturated carbocycles. The molecule has 3 rings (SSSR count). The van der Waals surface area contributed by atoms with Crippen LogP contribution in [0.1, 0.15) is 39.2 Å². The second-order valence-corrected chi connectivity index (χ2v) is 12.0. The van der Waals surface area contributed by atoms with E-state index in [0.717, 1.165) is 18.4 Å². The number of nitrogens with zero attached hydrogens (tertiary/aromatic N) is 1. The molecule has 3 nitrogen and oxygen atoms in total. The Bertz CT molecular complexity index is 852. The van der Waals surface area contributed by atoms with Gasteiger partial charge >= 0.3 is 171 Å². The molecule has 0 spiro atoms. The van der Waals surface area contributed by atoms with Gasteiger partial charge in [0.1, 0.15) is 0 Å². The second-order valence-electron chi connectivity index (χ2n) is 7.50. The molecule has 0 radical (unpaired) electrons. The van der Waals surface area contributed by atoms with Gasteiger partial charge in [-0.1, -0.05) is 0 Å². The molecule has 146 valence electrons. The van der Waals surface area contributed by atoms with E-state index in [1.807, 2.05) is 29.4 Å². The van der Waals surface area contributed by atoms with Gasteiger partial charge in [-0.2, -0.15) is 0 Å². The first kappa shape index (κ1) is 20.6. The summed E-state index contributed by atoms with van der Waals surface area (Å²) in [6, 6.07) is 17.9. The van der Waals surface area contributed by atoms with Crippen molar-refractivity contribution in [3.63, 3.8) is 0 Å². The Labute approximate surface area is 170 Å². The van der Waals surface area contributed by atoms with Gasteiger partial charge in [0.25, 0.3) is 0 Å². The summed E-state index contributed by atoms with van der Waals surface area (Å²) < 4.78 is 30.2. The van der Waals surface area contributed by atoms with E-state index < -0.39 is 10.0 Å². The second kappa shape index (κ2) is 8.48. The molecular formula is C22H29NO2SSe. The van der Waals surface area contributed by atoms with Gasteiger partial charge in [-0.3, -0.25) is 0 Å². The first-order valence-electron chi connectivity index (χ1n) is 9.68. The molecule has 1 aliphatic rings. The van der Waals surface area contributed by atoms with Crippen LogP contribution in [0.4, 0.5) is 0 Å². The van der Waals surface area contributed by atoms with Crippen LogP contribution in [-0.2, 0) is 10.0 Å². The minimum atomic E-state index is -3.49. The Hall–Kier alpha value is -1.13. The summed E-state index contributed by atoms with van der Waals surface area (Å²) >= 11 is 0.256. The van der Waals surface area contributed by atoms with E-state index in [0.29, 0.717) is 15.6 Å². The van der Waals surface area contributed by atoms with E-state index in [-0.39, 0.29) is 27.0 Å². The predicted octanol–water partition coefficient (Wildman–Crippen LogP) is 4.01. The van der Waals surface area contributed by atoms with Gasteiger partial charge in [0.05, 0.1) is 0 Å². The molecule has 0 amide bonds. The van der Waals surface area contributed by atoms with Gasteiger partial charge in [0.2, 0.25) is 0 Å². The van der Waals surface area contributed by atoms with Crippen LogP contribution in [0.15, 0.2) is 59.5 Å². The summed E-state index contributed by atoms with van der Waals surface area (Å²) in [6.07, 6.45) is 1.91. The molecule has 5 heteroatoms. The van der Waals surface area contributed by atoms with Gasteiger partial charge in [-0.25, -0.2) is 0 Å². The Kier molecular flexibility index (Phi) is 6.47. The van der Waals surface area contributed by atoms with Crippen LogP contribution in [0.3, 0.4) is 0 Å². The number of hydrogen-bond acceptors (Lipinski definition) is 2. The predicted molar refractivity (Wildman–Crippen MR) is 113 cm³/mol. The molecule has 27 heavy (non-hydrogen) atoms. The summed E-state index contributed by atoms with van der Waals surface area (Å²) in [5, 5.41) is 0. The Morgan fingerprint density at radius 3 is 2.22 bits per heavy atom. The zero-order valence-electron chi connectivity index (χ0n) is 16.5. The number of sulfonamides is 1. The molecule has 0 unspecified atom stereocenters. The summed E-state index contributed by atoms with van der Waals surface area (Å²) in [5.74, 6) is 0.349. The van der Waals surface area contributed by atoms with Gasteiger partial charge in [0, 0.05) is 0 Å². The molecule has 1 heterocycles. The quantitative estimate of drug-likeness (QED) is 0.624.